The second kappa shape index (κ2) is 10.7. The number of nitro benzene ring substituents is 1. The summed E-state index contributed by atoms with van der Waals surface area (Å²) in [7, 11) is 0. The van der Waals surface area contributed by atoms with Crippen LogP contribution in [0.4, 0.5) is 10.1 Å². The fourth-order valence-corrected chi connectivity index (χ4v) is 2.81. The van der Waals surface area contributed by atoms with Crippen LogP contribution in [0.3, 0.4) is 0 Å². The molecule has 0 unspecified atom stereocenters. The van der Waals surface area contributed by atoms with Crippen molar-refractivity contribution >= 4 is 17.8 Å². The van der Waals surface area contributed by atoms with Crippen LogP contribution in [0.25, 0.3) is 0 Å². The summed E-state index contributed by atoms with van der Waals surface area (Å²) < 4.78 is 25.1. The Morgan fingerprint density at radius 2 is 1.84 bits per heavy atom. The quantitative estimate of drug-likeness (QED) is 0.302. The molecule has 9 heteroatoms. The number of amides is 1. The fraction of sp³-hybridized carbons (Fsp3) is 0.130. The van der Waals surface area contributed by atoms with Crippen molar-refractivity contribution in [2.24, 2.45) is 5.10 Å². The number of hydrogen-bond donors (Lipinski definition) is 1. The van der Waals surface area contributed by atoms with Crippen LogP contribution >= 0.6 is 0 Å². The van der Waals surface area contributed by atoms with E-state index in [2.05, 4.69) is 10.5 Å². The van der Waals surface area contributed by atoms with E-state index in [1.807, 2.05) is 6.92 Å². The van der Waals surface area contributed by atoms with E-state index in [1.54, 1.807) is 36.4 Å². The number of hydrogen-bond acceptors (Lipinski definition) is 6. The molecule has 0 aliphatic carbocycles. The van der Waals surface area contributed by atoms with Gasteiger partial charge < -0.3 is 9.47 Å². The molecule has 1 amide bonds. The molecule has 0 atom stereocenters. The molecule has 164 valence electrons. The van der Waals surface area contributed by atoms with Crippen LogP contribution in [0.5, 0.6) is 11.5 Å². The number of hydrazone groups is 1. The topological polar surface area (TPSA) is 103 Å². The van der Waals surface area contributed by atoms with E-state index in [0.29, 0.717) is 29.2 Å². The standard InChI is InChI=1S/C23H20FN3O5/c1-2-31-22-13-16(11-12-21(22)32-15-17-7-3-5-9-19(17)24)14-25-26-23(28)18-8-4-6-10-20(18)27(29)30/h3-14H,2,15H2,1H3,(H,26,28)/b25-14-. The van der Waals surface area contributed by atoms with Gasteiger partial charge in [0.25, 0.3) is 11.6 Å². The Hall–Kier alpha value is -4.27. The van der Waals surface area contributed by atoms with E-state index in [0.717, 1.165) is 0 Å². The summed E-state index contributed by atoms with van der Waals surface area (Å²) in [6.45, 7) is 2.23. The van der Waals surface area contributed by atoms with E-state index >= 15 is 0 Å². The fourth-order valence-electron chi connectivity index (χ4n) is 2.81. The average Bonchev–Trinajstić information content (AvgIpc) is 2.79. The molecule has 0 spiro atoms. The maximum absolute atomic E-state index is 13.8. The van der Waals surface area contributed by atoms with Gasteiger partial charge in [-0.3, -0.25) is 14.9 Å². The van der Waals surface area contributed by atoms with Gasteiger partial charge in [0.1, 0.15) is 18.0 Å². The molecule has 0 aromatic heterocycles. The van der Waals surface area contributed by atoms with Crippen molar-refractivity contribution in [3.05, 3.63) is 99.4 Å². The van der Waals surface area contributed by atoms with Gasteiger partial charge in [-0.2, -0.15) is 5.10 Å². The zero-order chi connectivity index (χ0) is 22.9. The molecule has 0 heterocycles. The maximum atomic E-state index is 13.8. The number of nitro groups is 1. The molecule has 0 fully saturated rings. The highest BCUT2D eigenvalue weighted by Crippen LogP contribution is 2.29. The minimum Gasteiger partial charge on any atom is -0.490 e. The number of nitrogens with zero attached hydrogens (tertiary/aromatic N) is 2. The molecule has 0 saturated carbocycles. The third-order valence-corrected chi connectivity index (χ3v) is 4.33. The molecule has 3 aromatic rings. The van der Waals surface area contributed by atoms with Gasteiger partial charge in [0, 0.05) is 11.6 Å². The van der Waals surface area contributed by atoms with E-state index in [9.17, 15) is 19.3 Å². The van der Waals surface area contributed by atoms with Crippen molar-refractivity contribution in [3.63, 3.8) is 0 Å². The summed E-state index contributed by atoms with van der Waals surface area (Å²) in [6, 6.07) is 16.9. The Balaban J connectivity index is 1.70. The first-order valence-corrected chi connectivity index (χ1v) is 9.69. The van der Waals surface area contributed by atoms with Crippen LogP contribution in [-0.2, 0) is 6.61 Å². The highest BCUT2D eigenvalue weighted by molar-refractivity contribution is 5.98. The van der Waals surface area contributed by atoms with E-state index < -0.39 is 10.8 Å². The van der Waals surface area contributed by atoms with Crippen LogP contribution in [0.1, 0.15) is 28.4 Å². The summed E-state index contributed by atoms with van der Waals surface area (Å²) in [6.07, 6.45) is 1.37. The Bertz CT molecular complexity index is 1150. The lowest BCUT2D eigenvalue weighted by Crippen LogP contribution is -2.18. The molecule has 0 bridgehead atoms. The molecule has 0 radical (unpaired) electrons. The molecule has 0 aliphatic rings. The molecule has 3 rings (SSSR count). The van der Waals surface area contributed by atoms with Crippen molar-refractivity contribution in [2.45, 2.75) is 13.5 Å². The Kier molecular flexibility index (Phi) is 7.47. The van der Waals surface area contributed by atoms with Crippen molar-refractivity contribution in [2.75, 3.05) is 6.61 Å². The first-order chi connectivity index (χ1) is 15.5. The molecule has 1 N–H and O–H groups in total. The molecule has 0 saturated heterocycles. The minimum absolute atomic E-state index is 0.0338. The van der Waals surface area contributed by atoms with Crippen molar-refractivity contribution in [1.29, 1.82) is 0 Å². The Labute approximate surface area is 183 Å². The summed E-state index contributed by atoms with van der Waals surface area (Å²) >= 11 is 0. The van der Waals surface area contributed by atoms with Gasteiger partial charge in [-0.15, -0.1) is 0 Å². The summed E-state index contributed by atoms with van der Waals surface area (Å²) in [5.74, 6) is -0.207. The number of benzene rings is 3. The highest BCUT2D eigenvalue weighted by Gasteiger charge is 2.18. The number of nitrogens with one attached hydrogen (secondary N) is 1. The lowest BCUT2D eigenvalue weighted by Gasteiger charge is -2.13. The Morgan fingerprint density at radius 1 is 1.09 bits per heavy atom. The van der Waals surface area contributed by atoms with Gasteiger partial charge in [-0.05, 0) is 42.8 Å². The largest absolute Gasteiger partial charge is 0.490 e. The van der Waals surface area contributed by atoms with Gasteiger partial charge in [-0.25, -0.2) is 9.82 Å². The predicted octanol–water partition coefficient (Wildman–Crippen LogP) is 4.48. The third kappa shape index (κ3) is 5.66. The van der Waals surface area contributed by atoms with Crippen LogP contribution in [0, 0.1) is 15.9 Å². The summed E-state index contributed by atoms with van der Waals surface area (Å²) in [5.41, 5.74) is 2.88. The number of ether oxygens (including phenoxy) is 2. The molecular formula is C23H20FN3O5. The van der Waals surface area contributed by atoms with Gasteiger partial charge >= 0.3 is 0 Å². The number of carbonyl (C=O) groups is 1. The van der Waals surface area contributed by atoms with E-state index in [1.165, 1.54) is 36.5 Å². The van der Waals surface area contributed by atoms with Gasteiger partial charge in [-0.1, -0.05) is 30.3 Å². The smallest absolute Gasteiger partial charge is 0.282 e. The van der Waals surface area contributed by atoms with Crippen LogP contribution < -0.4 is 14.9 Å². The first-order valence-electron chi connectivity index (χ1n) is 9.69. The van der Waals surface area contributed by atoms with Crippen LogP contribution in [0.2, 0.25) is 0 Å². The molecular weight excluding hydrogens is 417 g/mol. The number of halogens is 1. The monoisotopic (exact) mass is 437 g/mol. The normalized spacial score (nSPS) is 10.7. The van der Waals surface area contributed by atoms with E-state index in [-0.39, 0.29) is 23.7 Å². The number of carbonyl (C=O) groups excluding carboxylic acids is 1. The maximum Gasteiger partial charge on any atom is 0.282 e. The number of rotatable bonds is 9. The second-order valence-electron chi connectivity index (χ2n) is 6.49. The first kappa shape index (κ1) is 22.4. The average molecular weight is 437 g/mol. The minimum atomic E-state index is -0.705. The van der Waals surface area contributed by atoms with Crippen molar-refractivity contribution in [3.8, 4) is 11.5 Å². The molecule has 0 aliphatic heterocycles. The summed E-state index contributed by atoms with van der Waals surface area (Å²) in [4.78, 5) is 22.7. The SMILES string of the molecule is CCOc1cc(/C=N\NC(=O)c2ccccc2[N+](=O)[O-])ccc1OCc1ccccc1F. The van der Waals surface area contributed by atoms with E-state index in [4.69, 9.17) is 9.47 Å². The zero-order valence-corrected chi connectivity index (χ0v) is 17.2. The molecule has 32 heavy (non-hydrogen) atoms. The second-order valence-corrected chi connectivity index (χ2v) is 6.49. The Morgan fingerprint density at radius 3 is 2.59 bits per heavy atom. The number of para-hydroxylation sites is 1. The van der Waals surface area contributed by atoms with Gasteiger partial charge in [0.15, 0.2) is 11.5 Å². The van der Waals surface area contributed by atoms with Crippen LogP contribution in [0.15, 0.2) is 71.8 Å². The third-order valence-electron chi connectivity index (χ3n) is 4.33. The zero-order valence-electron chi connectivity index (χ0n) is 17.2. The molecule has 8 nitrogen and oxygen atoms in total. The predicted molar refractivity (Wildman–Crippen MR) is 116 cm³/mol. The van der Waals surface area contributed by atoms with Crippen molar-refractivity contribution in [1.82, 2.24) is 5.43 Å². The summed E-state index contributed by atoms with van der Waals surface area (Å²) in [5, 5.41) is 14.9. The van der Waals surface area contributed by atoms with Crippen molar-refractivity contribution < 1.29 is 23.6 Å². The van der Waals surface area contributed by atoms with Gasteiger partial charge in [0.2, 0.25) is 0 Å². The lowest BCUT2D eigenvalue weighted by atomic mass is 10.2. The highest BCUT2D eigenvalue weighted by atomic mass is 19.1. The lowest BCUT2D eigenvalue weighted by molar-refractivity contribution is -0.385. The molecule has 3 aromatic carbocycles. The van der Waals surface area contributed by atoms with Crippen LogP contribution in [-0.4, -0.2) is 23.7 Å². The van der Waals surface area contributed by atoms with Gasteiger partial charge in [0.05, 0.1) is 17.7 Å².